The number of nitrogens with two attached hydrogens (primary N) is 1. The van der Waals surface area contributed by atoms with Gasteiger partial charge in [0.05, 0.1) is 0 Å². The fourth-order valence-electron chi connectivity index (χ4n) is 1.86. The first kappa shape index (κ1) is 15.7. The Kier molecular flexibility index (Phi) is 4.98. The van der Waals surface area contributed by atoms with E-state index < -0.39 is 10.0 Å². The molecule has 0 aliphatic carbocycles. The van der Waals surface area contributed by atoms with Crippen molar-refractivity contribution in [3.05, 3.63) is 38.9 Å². The highest BCUT2D eigenvalue weighted by molar-refractivity contribution is 7.91. The molecule has 1 unspecified atom stereocenters. The van der Waals surface area contributed by atoms with Gasteiger partial charge in [0.1, 0.15) is 4.21 Å². The lowest BCUT2D eigenvalue weighted by molar-refractivity contribution is 0.562. The monoisotopic (exact) mass is 330 g/mol. The van der Waals surface area contributed by atoms with Crippen molar-refractivity contribution in [2.75, 3.05) is 0 Å². The second kappa shape index (κ2) is 6.36. The average Bonchev–Trinajstić information content (AvgIpc) is 2.97. The summed E-state index contributed by atoms with van der Waals surface area (Å²) in [5.41, 5.74) is 6.35. The van der Waals surface area contributed by atoms with Crippen molar-refractivity contribution in [3.8, 4) is 0 Å². The van der Waals surface area contributed by atoms with E-state index in [1.54, 1.807) is 22.8 Å². The summed E-state index contributed by atoms with van der Waals surface area (Å²) in [5.74, 6) is 0. The molecule has 2 rings (SSSR count). The molecule has 0 bridgehead atoms. The van der Waals surface area contributed by atoms with Crippen LogP contribution in [0.15, 0.2) is 27.8 Å². The molecule has 0 aromatic carbocycles. The number of thiophene rings is 2. The lowest BCUT2D eigenvalue weighted by Gasteiger charge is -2.12. The molecule has 0 amide bonds. The van der Waals surface area contributed by atoms with E-state index in [-0.39, 0.29) is 6.04 Å². The first-order chi connectivity index (χ1) is 9.40. The predicted octanol–water partition coefficient (Wildman–Crippen LogP) is 2.49. The van der Waals surface area contributed by atoms with Crippen LogP contribution in [0.4, 0.5) is 0 Å². The summed E-state index contributed by atoms with van der Waals surface area (Å²) in [5, 5.41) is 1.78. The van der Waals surface area contributed by atoms with Crippen LogP contribution in [-0.2, 0) is 23.0 Å². The maximum atomic E-state index is 12.2. The average molecular weight is 330 g/mol. The van der Waals surface area contributed by atoms with E-state index in [1.807, 2.05) is 26.0 Å². The fraction of sp³-hybridized carbons (Fsp3) is 0.385. The van der Waals surface area contributed by atoms with Crippen molar-refractivity contribution in [3.63, 3.8) is 0 Å². The molecule has 2 aromatic heterocycles. The molecule has 0 saturated heterocycles. The molecule has 0 radical (unpaired) electrons. The summed E-state index contributed by atoms with van der Waals surface area (Å²) >= 11 is 2.90. The molecule has 1 atom stereocenters. The maximum absolute atomic E-state index is 12.2. The zero-order valence-electron chi connectivity index (χ0n) is 11.4. The Labute approximate surface area is 127 Å². The summed E-state index contributed by atoms with van der Waals surface area (Å²) in [6.45, 7) is 4.28. The Morgan fingerprint density at radius 2 is 2.15 bits per heavy atom. The molecule has 3 N–H and O–H groups in total. The summed E-state index contributed by atoms with van der Waals surface area (Å²) in [4.78, 5) is 2.42. The smallest absolute Gasteiger partial charge is 0.250 e. The van der Waals surface area contributed by atoms with E-state index in [4.69, 9.17) is 5.73 Å². The van der Waals surface area contributed by atoms with Gasteiger partial charge >= 0.3 is 0 Å². The molecule has 0 fully saturated rings. The zero-order chi connectivity index (χ0) is 14.8. The summed E-state index contributed by atoms with van der Waals surface area (Å²) in [7, 11) is -3.44. The molecule has 0 saturated carbocycles. The quantitative estimate of drug-likeness (QED) is 0.855. The van der Waals surface area contributed by atoms with E-state index in [9.17, 15) is 8.42 Å². The predicted molar refractivity (Wildman–Crippen MR) is 84.8 cm³/mol. The zero-order valence-corrected chi connectivity index (χ0v) is 13.9. The van der Waals surface area contributed by atoms with Crippen molar-refractivity contribution < 1.29 is 8.42 Å². The van der Waals surface area contributed by atoms with Crippen LogP contribution < -0.4 is 10.5 Å². The first-order valence-electron chi connectivity index (χ1n) is 6.26. The maximum Gasteiger partial charge on any atom is 0.250 e. The van der Waals surface area contributed by atoms with Gasteiger partial charge in [-0.05, 0) is 49.4 Å². The minimum absolute atomic E-state index is 0.138. The topological polar surface area (TPSA) is 72.2 Å². The Balaban J connectivity index is 2.04. The van der Waals surface area contributed by atoms with E-state index in [2.05, 4.69) is 4.72 Å². The van der Waals surface area contributed by atoms with Crippen molar-refractivity contribution >= 4 is 32.7 Å². The van der Waals surface area contributed by atoms with Gasteiger partial charge < -0.3 is 5.73 Å². The van der Waals surface area contributed by atoms with E-state index in [1.165, 1.54) is 21.1 Å². The van der Waals surface area contributed by atoms with Gasteiger partial charge in [-0.25, -0.2) is 13.1 Å². The molecule has 0 aliphatic heterocycles. The van der Waals surface area contributed by atoms with Crippen LogP contribution in [0.2, 0.25) is 0 Å². The summed E-state index contributed by atoms with van der Waals surface area (Å²) < 4.78 is 27.5. The standard InChI is InChI=1S/C13H18N2O2S3/c1-9(5-12-4-3-10(2)19-12)15-20(16,17)13-6-11(7-14)8-18-13/h3-4,6,8-9,15H,5,7,14H2,1-2H3. The van der Waals surface area contributed by atoms with Crippen molar-refractivity contribution in [1.82, 2.24) is 4.72 Å². The van der Waals surface area contributed by atoms with Gasteiger partial charge in [-0.15, -0.1) is 22.7 Å². The minimum atomic E-state index is -3.44. The fourth-order valence-corrected chi connectivity index (χ4v) is 5.36. The van der Waals surface area contributed by atoms with Crippen LogP contribution in [0.5, 0.6) is 0 Å². The third kappa shape index (κ3) is 3.89. The van der Waals surface area contributed by atoms with Gasteiger partial charge in [0.2, 0.25) is 10.0 Å². The van der Waals surface area contributed by atoms with E-state index in [0.717, 1.165) is 5.56 Å². The number of aryl methyl sites for hydroxylation is 1. The Morgan fingerprint density at radius 1 is 1.40 bits per heavy atom. The molecule has 0 aliphatic rings. The molecule has 4 nitrogen and oxygen atoms in total. The molecule has 110 valence electrons. The summed E-state index contributed by atoms with van der Waals surface area (Å²) in [6.07, 6.45) is 0.701. The largest absolute Gasteiger partial charge is 0.326 e. The van der Waals surface area contributed by atoms with Crippen molar-refractivity contribution in [1.29, 1.82) is 0 Å². The molecular formula is C13H18N2O2S3. The Bertz CT molecular complexity index is 673. The molecular weight excluding hydrogens is 312 g/mol. The molecule has 0 spiro atoms. The lowest BCUT2D eigenvalue weighted by Crippen LogP contribution is -2.33. The van der Waals surface area contributed by atoms with Crippen LogP contribution >= 0.6 is 22.7 Å². The van der Waals surface area contributed by atoms with Gasteiger partial charge in [-0.3, -0.25) is 0 Å². The van der Waals surface area contributed by atoms with Crippen LogP contribution in [-0.4, -0.2) is 14.5 Å². The van der Waals surface area contributed by atoms with Crippen LogP contribution in [0, 0.1) is 6.92 Å². The summed E-state index contributed by atoms with van der Waals surface area (Å²) in [6, 6.07) is 5.59. The third-order valence-electron chi connectivity index (χ3n) is 2.79. The highest BCUT2D eigenvalue weighted by atomic mass is 32.2. The Morgan fingerprint density at radius 3 is 2.70 bits per heavy atom. The van der Waals surface area contributed by atoms with E-state index in [0.29, 0.717) is 17.2 Å². The SMILES string of the molecule is Cc1ccc(CC(C)NS(=O)(=O)c2cc(CN)cs2)s1. The molecule has 2 heterocycles. The van der Waals surface area contributed by atoms with E-state index >= 15 is 0 Å². The van der Waals surface area contributed by atoms with Gasteiger partial charge in [-0.1, -0.05) is 0 Å². The minimum Gasteiger partial charge on any atom is -0.326 e. The van der Waals surface area contributed by atoms with Crippen molar-refractivity contribution in [2.24, 2.45) is 5.73 Å². The van der Waals surface area contributed by atoms with Crippen LogP contribution in [0.1, 0.15) is 22.2 Å². The third-order valence-corrected chi connectivity index (χ3v) is 6.89. The van der Waals surface area contributed by atoms with Crippen LogP contribution in [0.3, 0.4) is 0 Å². The van der Waals surface area contributed by atoms with Gasteiger partial charge in [0.15, 0.2) is 0 Å². The number of sulfonamides is 1. The number of nitrogens with one attached hydrogen (secondary N) is 1. The highest BCUT2D eigenvalue weighted by Gasteiger charge is 2.19. The van der Waals surface area contributed by atoms with Gasteiger partial charge in [0.25, 0.3) is 0 Å². The normalized spacial score (nSPS) is 13.6. The molecule has 7 heteroatoms. The number of rotatable bonds is 6. The van der Waals surface area contributed by atoms with Crippen molar-refractivity contribution in [2.45, 2.75) is 37.1 Å². The Hall–Kier alpha value is -0.730. The van der Waals surface area contributed by atoms with Crippen LogP contribution in [0.25, 0.3) is 0 Å². The number of hydrogen-bond donors (Lipinski definition) is 2. The first-order valence-corrected chi connectivity index (χ1v) is 9.44. The second-order valence-electron chi connectivity index (χ2n) is 4.72. The second-order valence-corrected chi connectivity index (χ2v) is 8.94. The molecule has 20 heavy (non-hydrogen) atoms. The van der Waals surface area contributed by atoms with Gasteiger partial charge in [0, 0.05) is 22.3 Å². The van der Waals surface area contributed by atoms with Gasteiger partial charge in [-0.2, -0.15) is 0 Å². The highest BCUT2D eigenvalue weighted by Crippen LogP contribution is 2.21. The lowest BCUT2D eigenvalue weighted by atomic mass is 10.2. The molecule has 2 aromatic rings. The number of hydrogen-bond acceptors (Lipinski definition) is 5.